The molecule has 0 unspecified atom stereocenters. The second kappa shape index (κ2) is 6.44. The van der Waals surface area contributed by atoms with Gasteiger partial charge in [-0.3, -0.25) is 0 Å². The summed E-state index contributed by atoms with van der Waals surface area (Å²) in [5, 5.41) is 13.8. The molecule has 1 aromatic carbocycles. The topological polar surface area (TPSA) is 54.6 Å². The summed E-state index contributed by atoms with van der Waals surface area (Å²) < 4.78 is 11.3. The second-order valence-corrected chi connectivity index (χ2v) is 5.71. The molecule has 1 aliphatic rings. The zero-order valence-corrected chi connectivity index (χ0v) is 13.2. The van der Waals surface area contributed by atoms with E-state index in [4.69, 9.17) is 9.15 Å². The van der Waals surface area contributed by atoms with Gasteiger partial charge in [0.25, 0.3) is 0 Å². The first-order chi connectivity index (χ1) is 10.7. The summed E-state index contributed by atoms with van der Waals surface area (Å²) in [5.41, 5.74) is 3.00. The van der Waals surface area contributed by atoms with Crippen LogP contribution in [0.15, 0.2) is 28.7 Å². The number of furan rings is 1. The number of ether oxygens (including phenoxy) is 1. The average Bonchev–Trinajstić information content (AvgIpc) is 2.92. The van der Waals surface area contributed by atoms with Gasteiger partial charge >= 0.3 is 0 Å². The van der Waals surface area contributed by atoms with Gasteiger partial charge in [0.1, 0.15) is 0 Å². The minimum atomic E-state index is 0.226. The summed E-state index contributed by atoms with van der Waals surface area (Å²) in [7, 11) is 1.82. The first-order valence-electron chi connectivity index (χ1n) is 7.95. The van der Waals surface area contributed by atoms with Crippen molar-refractivity contribution >= 4 is 5.88 Å². The summed E-state index contributed by atoms with van der Waals surface area (Å²) in [6.07, 6.45) is 2.74. The van der Waals surface area contributed by atoms with Crippen LogP contribution in [0.4, 0.5) is 5.88 Å². The lowest BCUT2D eigenvalue weighted by molar-refractivity contribution is 0.0801. The molecule has 1 saturated heterocycles. The van der Waals surface area contributed by atoms with E-state index in [1.54, 1.807) is 0 Å². The van der Waals surface area contributed by atoms with Crippen molar-refractivity contribution in [3.05, 3.63) is 35.6 Å². The van der Waals surface area contributed by atoms with Crippen molar-refractivity contribution in [2.45, 2.75) is 32.1 Å². The Hall–Kier alpha value is -1.94. The Kier molecular flexibility index (Phi) is 4.39. The summed E-state index contributed by atoms with van der Waals surface area (Å²) in [6, 6.07) is 8.24. The predicted molar refractivity (Wildman–Crippen MR) is 87.5 cm³/mol. The van der Waals surface area contributed by atoms with Gasteiger partial charge in [0, 0.05) is 26.2 Å². The highest BCUT2D eigenvalue weighted by atomic mass is 16.5. The van der Waals surface area contributed by atoms with Crippen molar-refractivity contribution < 1.29 is 14.3 Å². The lowest BCUT2D eigenvalue weighted by atomic mass is 9.95. The van der Waals surface area contributed by atoms with E-state index in [2.05, 4.69) is 24.4 Å². The Morgan fingerprint density at radius 2 is 2.05 bits per heavy atom. The fourth-order valence-corrected chi connectivity index (χ4v) is 3.07. The normalized spacial score (nSPS) is 15.9. The molecule has 0 radical (unpaired) electrons. The van der Waals surface area contributed by atoms with E-state index in [9.17, 15) is 5.11 Å². The molecule has 0 spiro atoms. The maximum absolute atomic E-state index is 10.7. The van der Waals surface area contributed by atoms with Crippen LogP contribution in [0, 0.1) is 0 Å². The van der Waals surface area contributed by atoms with E-state index in [1.165, 1.54) is 5.56 Å². The van der Waals surface area contributed by atoms with Gasteiger partial charge in [-0.25, -0.2) is 0 Å². The van der Waals surface area contributed by atoms with Gasteiger partial charge in [-0.15, -0.1) is 0 Å². The minimum absolute atomic E-state index is 0.226. The molecule has 0 aliphatic carbocycles. The van der Waals surface area contributed by atoms with E-state index >= 15 is 0 Å². The second-order valence-electron chi connectivity index (χ2n) is 5.71. The van der Waals surface area contributed by atoms with Crippen LogP contribution in [0.25, 0.3) is 11.1 Å². The molecule has 22 heavy (non-hydrogen) atoms. The molecule has 0 saturated carbocycles. The number of aryl methyl sites for hydroxylation is 1. The van der Waals surface area contributed by atoms with E-state index in [-0.39, 0.29) is 11.7 Å². The van der Waals surface area contributed by atoms with Crippen LogP contribution >= 0.6 is 0 Å². The van der Waals surface area contributed by atoms with E-state index in [1.807, 2.05) is 19.2 Å². The van der Waals surface area contributed by atoms with Crippen molar-refractivity contribution in [2.75, 3.05) is 25.6 Å². The van der Waals surface area contributed by atoms with Crippen LogP contribution in [-0.4, -0.2) is 25.4 Å². The molecule has 1 aromatic heterocycles. The largest absolute Gasteiger partial charge is 0.504 e. The van der Waals surface area contributed by atoms with Crippen molar-refractivity contribution in [1.29, 1.82) is 0 Å². The highest BCUT2D eigenvalue weighted by Gasteiger charge is 2.28. The number of aromatic hydroxyl groups is 1. The standard InChI is InChI=1S/C18H23NO3/c1-3-12-5-4-6-14(11-12)15-16(20)17(22-18(15)19-2)13-7-9-21-10-8-13/h4-6,11,13,19-20H,3,7-10H2,1-2H3. The number of hydrogen-bond donors (Lipinski definition) is 2. The smallest absolute Gasteiger partial charge is 0.204 e. The van der Waals surface area contributed by atoms with E-state index < -0.39 is 0 Å². The Balaban J connectivity index is 2.04. The number of rotatable bonds is 4. The Bertz CT molecular complexity index is 642. The lowest BCUT2D eigenvalue weighted by Crippen LogP contribution is -2.13. The third-order valence-electron chi connectivity index (χ3n) is 4.35. The minimum Gasteiger partial charge on any atom is -0.504 e. The quantitative estimate of drug-likeness (QED) is 0.890. The maximum Gasteiger partial charge on any atom is 0.204 e. The number of hydrogen-bond acceptors (Lipinski definition) is 4. The van der Waals surface area contributed by atoms with Gasteiger partial charge in [-0.05, 0) is 30.4 Å². The monoisotopic (exact) mass is 301 g/mol. The van der Waals surface area contributed by atoms with Gasteiger partial charge in [0.05, 0.1) is 5.56 Å². The molecule has 118 valence electrons. The molecule has 4 heteroatoms. The van der Waals surface area contributed by atoms with Crippen LogP contribution in [0.5, 0.6) is 5.75 Å². The first kappa shape index (κ1) is 15.0. The number of anilines is 1. The molecule has 2 heterocycles. The van der Waals surface area contributed by atoms with Crippen LogP contribution in [0.3, 0.4) is 0 Å². The summed E-state index contributed by atoms with van der Waals surface area (Å²) in [4.78, 5) is 0. The highest BCUT2D eigenvalue weighted by Crippen LogP contribution is 2.46. The molecule has 2 aromatic rings. The molecule has 1 fully saturated rings. The number of benzene rings is 1. The zero-order chi connectivity index (χ0) is 15.5. The Morgan fingerprint density at radius 3 is 2.73 bits per heavy atom. The van der Waals surface area contributed by atoms with Gasteiger partial charge in [-0.2, -0.15) is 0 Å². The fraction of sp³-hybridized carbons (Fsp3) is 0.444. The molecule has 0 bridgehead atoms. The summed E-state index contributed by atoms with van der Waals surface area (Å²) in [5.74, 6) is 1.81. The molecule has 4 nitrogen and oxygen atoms in total. The predicted octanol–water partition coefficient (Wildman–Crippen LogP) is 4.15. The SMILES string of the molecule is CCc1cccc(-c2c(NC)oc(C3CCOCC3)c2O)c1. The van der Waals surface area contributed by atoms with Crippen LogP contribution in [-0.2, 0) is 11.2 Å². The van der Waals surface area contributed by atoms with Crippen molar-refractivity contribution in [3.8, 4) is 16.9 Å². The third-order valence-corrected chi connectivity index (χ3v) is 4.35. The summed E-state index contributed by atoms with van der Waals surface area (Å²) in [6.45, 7) is 3.57. The zero-order valence-electron chi connectivity index (χ0n) is 13.2. The first-order valence-corrected chi connectivity index (χ1v) is 7.95. The van der Waals surface area contributed by atoms with Gasteiger partial charge in [0.15, 0.2) is 11.5 Å². The maximum atomic E-state index is 10.7. The van der Waals surface area contributed by atoms with E-state index in [0.717, 1.165) is 43.6 Å². The Labute approximate surface area is 131 Å². The number of nitrogens with one attached hydrogen (secondary N) is 1. The fourth-order valence-electron chi connectivity index (χ4n) is 3.07. The van der Waals surface area contributed by atoms with Crippen LogP contribution in [0.1, 0.15) is 37.0 Å². The van der Waals surface area contributed by atoms with Crippen molar-refractivity contribution in [2.24, 2.45) is 0 Å². The van der Waals surface area contributed by atoms with Crippen LogP contribution in [0.2, 0.25) is 0 Å². The van der Waals surface area contributed by atoms with Crippen molar-refractivity contribution in [3.63, 3.8) is 0 Å². The van der Waals surface area contributed by atoms with Crippen molar-refractivity contribution in [1.82, 2.24) is 0 Å². The average molecular weight is 301 g/mol. The molecular weight excluding hydrogens is 278 g/mol. The highest BCUT2D eigenvalue weighted by molar-refractivity contribution is 5.81. The molecule has 0 amide bonds. The van der Waals surface area contributed by atoms with Gasteiger partial charge in [-0.1, -0.05) is 31.2 Å². The molecule has 3 rings (SSSR count). The van der Waals surface area contributed by atoms with Crippen LogP contribution < -0.4 is 5.32 Å². The third kappa shape index (κ3) is 2.71. The Morgan fingerprint density at radius 1 is 1.27 bits per heavy atom. The molecular formula is C18H23NO3. The van der Waals surface area contributed by atoms with Gasteiger partial charge < -0.3 is 19.6 Å². The summed E-state index contributed by atoms with van der Waals surface area (Å²) >= 11 is 0. The molecule has 1 aliphatic heterocycles. The van der Waals surface area contributed by atoms with E-state index in [0.29, 0.717) is 11.6 Å². The van der Waals surface area contributed by atoms with Gasteiger partial charge in [0.2, 0.25) is 5.88 Å². The lowest BCUT2D eigenvalue weighted by Gasteiger charge is -2.20. The molecule has 0 atom stereocenters. The molecule has 2 N–H and O–H groups in total.